The van der Waals surface area contributed by atoms with Crippen molar-refractivity contribution in [2.75, 3.05) is 7.11 Å². The van der Waals surface area contributed by atoms with Crippen molar-refractivity contribution in [3.63, 3.8) is 0 Å². The first-order valence-corrected chi connectivity index (χ1v) is 4.46. The summed E-state index contributed by atoms with van der Waals surface area (Å²) in [6.45, 7) is 3.88. The molecule has 0 heterocycles. The van der Waals surface area contributed by atoms with Crippen molar-refractivity contribution in [1.82, 2.24) is 5.32 Å². The van der Waals surface area contributed by atoms with Crippen molar-refractivity contribution in [2.45, 2.75) is 32.4 Å². The maximum absolute atomic E-state index is 10.9. The maximum atomic E-state index is 10.9. The highest BCUT2D eigenvalue weighted by molar-refractivity contribution is 6.31. The van der Waals surface area contributed by atoms with E-state index in [1.807, 2.05) is 13.8 Å². The first-order valence-electron chi connectivity index (χ1n) is 4.46. The Morgan fingerprint density at radius 3 is 2.43 bits per heavy atom. The van der Waals surface area contributed by atoms with Crippen molar-refractivity contribution in [3.05, 3.63) is 0 Å². The van der Waals surface area contributed by atoms with Crippen molar-refractivity contribution < 1.29 is 19.4 Å². The van der Waals surface area contributed by atoms with Gasteiger partial charge in [0, 0.05) is 18.6 Å². The summed E-state index contributed by atoms with van der Waals surface area (Å²) in [4.78, 5) is 21.2. The predicted molar refractivity (Wildman–Crippen MR) is 48.8 cm³/mol. The van der Waals surface area contributed by atoms with Crippen LogP contribution in [-0.2, 0) is 14.3 Å². The highest BCUT2D eigenvalue weighted by atomic mass is 16.5. The molecule has 1 aliphatic rings. The van der Waals surface area contributed by atoms with E-state index in [1.54, 1.807) is 7.11 Å². The fourth-order valence-corrected chi connectivity index (χ4v) is 1.75. The van der Waals surface area contributed by atoms with Gasteiger partial charge < -0.3 is 15.2 Å². The number of carboxylic acids is 1. The van der Waals surface area contributed by atoms with Crippen LogP contribution in [0.15, 0.2) is 0 Å². The SMILES string of the molecule is COC1CC(NC(=O)C(=O)O)C1(C)C. The van der Waals surface area contributed by atoms with Gasteiger partial charge in [0.05, 0.1) is 6.10 Å². The van der Waals surface area contributed by atoms with E-state index < -0.39 is 11.9 Å². The molecule has 14 heavy (non-hydrogen) atoms. The minimum absolute atomic E-state index is 0.0848. The second-order valence-corrected chi connectivity index (χ2v) is 4.11. The van der Waals surface area contributed by atoms with E-state index in [2.05, 4.69) is 5.32 Å². The fourth-order valence-electron chi connectivity index (χ4n) is 1.75. The van der Waals surface area contributed by atoms with Crippen LogP contribution in [0.5, 0.6) is 0 Å². The van der Waals surface area contributed by atoms with Gasteiger partial charge in [-0.3, -0.25) is 4.79 Å². The van der Waals surface area contributed by atoms with E-state index in [-0.39, 0.29) is 17.6 Å². The number of aliphatic carboxylic acids is 1. The normalized spacial score (nSPS) is 29.1. The Morgan fingerprint density at radius 2 is 2.07 bits per heavy atom. The number of carbonyl (C=O) groups is 2. The van der Waals surface area contributed by atoms with E-state index in [0.29, 0.717) is 6.42 Å². The third-order valence-electron chi connectivity index (χ3n) is 2.96. The van der Waals surface area contributed by atoms with E-state index in [9.17, 15) is 9.59 Å². The molecule has 1 saturated carbocycles. The highest BCUT2D eigenvalue weighted by Crippen LogP contribution is 2.42. The summed E-state index contributed by atoms with van der Waals surface area (Å²) >= 11 is 0. The molecule has 0 saturated heterocycles. The van der Waals surface area contributed by atoms with Gasteiger partial charge in [0.25, 0.3) is 0 Å². The zero-order valence-corrected chi connectivity index (χ0v) is 8.53. The zero-order chi connectivity index (χ0) is 10.9. The first kappa shape index (κ1) is 11.0. The number of hydrogen-bond donors (Lipinski definition) is 2. The van der Waals surface area contributed by atoms with Crippen LogP contribution in [0.1, 0.15) is 20.3 Å². The average molecular weight is 201 g/mol. The lowest BCUT2D eigenvalue weighted by Gasteiger charge is -2.50. The molecular weight excluding hydrogens is 186 g/mol. The lowest BCUT2D eigenvalue weighted by Crippen LogP contribution is -2.62. The molecule has 0 radical (unpaired) electrons. The van der Waals surface area contributed by atoms with Gasteiger partial charge in [-0.05, 0) is 6.42 Å². The molecule has 2 atom stereocenters. The summed E-state index contributed by atoms with van der Waals surface area (Å²) in [6.07, 6.45) is 0.754. The monoisotopic (exact) mass is 201 g/mol. The minimum Gasteiger partial charge on any atom is -0.474 e. The van der Waals surface area contributed by atoms with E-state index in [4.69, 9.17) is 9.84 Å². The number of rotatable bonds is 2. The Hall–Kier alpha value is -1.10. The largest absolute Gasteiger partial charge is 0.474 e. The maximum Gasteiger partial charge on any atom is 0.394 e. The third kappa shape index (κ3) is 1.72. The molecule has 1 rings (SSSR count). The summed E-state index contributed by atoms with van der Waals surface area (Å²) in [5, 5.41) is 10.9. The highest BCUT2D eigenvalue weighted by Gasteiger charge is 2.49. The molecule has 5 heteroatoms. The molecule has 0 bridgehead atoms. The van der Waals surface area contributed by atoms with Crippen LogP contribution >= 0.6 is 0 Å². The number of carbonyl (C=O) groups excluding carboxylic acids is 1. The van der Waals surface area contributed by atoms with Crippen molar-refractivity contribution in [3.8, 4) is 0 Å². The van der Waals surface area contributed by atoms with Crippen molar-refractivity contribution >= 4 is 11.9 Å². The van der Waals surface area contributed by atoms with E-state index in [0.717, 1.165) is 0 Å². The molecule has 1 aliphatic carbocycles. The van der Waals surface area contributed by atoms with Crippen LogP contribution in [0.3, 0.4) is 0 Å². The smallest absolute Gasteiger partial charge is 0.394 e. The molecule has 0 aliphatic heterocycles. The third-order valence-corrected chi connectivity index (χ3v) is 2.96. The predicted octanol–water partition coefficient (Wildman–Crippen LogP) is 0.000700. The van der Waals surface area contributed by atoms with Gasteiger partial charge >= 0.3 is 11.9 Å². The number of hydrogen-bond acceptors (Lipinski definition) is 3. The summed E-state index contributed by atoms with van der Waals surface area (Å²) < 4.78 is 5.17. The number of amides is 1. The Kier molecular flexibility index (Phi) is 2.80. The lowest BCUT2D eigenvalue weighted by molar-refractivity contribution is -0.154. The standard InChI is InChI=1S/C9H15NO4/c1-9(2)5(4-6(9)14-3)10-7(11)8(12)13/h5-6H,4H2,1-3H3,(H,10,11)(H,12,13). The number of methoxy groups -OCH3 is 1. The van der Waals surface area contributed by atoms with Crippen LogP contribution in [0.4, 0.5) is 0 Å². The van der Waals surface area contributed by atoms with E-state index in [1.165, 1.54) is 0 Å². The van der Waals surface area contributed by atoms with Gasteiger partial charge in [0.2, 0.25) is 0 Å². The number of nitrogens with one attached hydrogen (secondary N) is 1. The second-order valence-electron chi connectivity index (χ2n) is 4.11. The minimum atomic E-state index is -1.44. The van der Waals surface area contributed by atoms with Crippen LogP contribution in [0.25, 0.3) is 0 Å². The van der Waals surface area contributed by atoms with Gasteiger partial charge in [0.15, 0.2) is 0 Å². The van der Waals surface area contributed by atoms with Crippen LogP contribution in [0, 0.1) is 5.41 Å². The van der Waals surface area contributed by atoms with Crippen LogP contribution in [-0.4, -0.2) is 36.2 Å². The van der Waals surface area contributed by atoms with Crippen LogP contribution < -0.4 is 5.32 Å². The lowest BCUT2D eigenvalue weighted by atomic mass is 9.64. The van der Waals surface area contributed by atoms with Gasteiger partial charge in [-0.2, -0.15) is 0 Å². The summed E-state index contributed by atoms with van der Waals surface area (Å²) in [7, 11) is 1.61. The zero-order valence-electron chi connectivity index (χ0n) is 8.53. The molecule has 0 aromatic carbocycles. The molecule has 1 fully saturated rings. The topological polar surface area (TPSA) is 75.6 Å². The molecule has 2 unspecified atom stereocenters. The van der Waals surface area contributed by atoms with Gasteiger partial charge in [-0.25, -0.2) is 4.79 Å². The Morgan fingerprint density at radius 1 is 1.50 bits per heavy atom. The molecular formula is C9H15NO4. The van der Waals surface area contributed by atoms with Gasteiger partial charge in [-0.15, -0.1) is 0 Å². The number of carboxylic acid groups (broad SMARTS) is 1. The molecule has 0 aromatic heterocycles. The molecule has 2 N–H and O–H groups in total. The summed E-state index contributed by atoms with van der Waals surface area (Å²) in [6, 6.07) is -0.115. The summed E-state index contributed by atoms with van der Waals surface area (Å²) in [5.41, 5.74) is -0.195. The molecule has 5 nitrogen and oxygen atoms in total. The molecule has 0 spiro atoms. The second kappa shape index (κ2) is 3.57. The van der Waals surface area contributed by atoms with Crippen LogP contribution in [0.2, 0.25) is 0 Å². The Balaban J connectivity index is 2.51. The molecule has 1 amide bonds. The van der Waals surface area contributed by atoms with E-state index >= 15 is 0 Å². The quantitative estimate of drug-likeness (QED) is 0.617. The fraction of sp³-hybridized carbons (Fsp3) is 0.778. The number of ether oxygens (including phenoxy) is 1. The Bertz CT molecular complexity index is 262. The van der Waals surface area contributed by atoms with Crippen molar-refractivity contribution in [2.24, 2.45) is 5.41 Å². The molecule has 80 valence electrons. The van der Waals surface area contributed by atoms with Crippen molar-refractivity contribution in [1.29, 1.82) is 0 Å². The molecule has 0 aromatic rings. The Labute approximate surface area is 82.4 Å². The first-order chi connectivity index (χ1) is 6.39. The van der Waals surface area contributed by atoms with Gasteiger partial charge in [0.1, 0.15) is 0 Å². The average Bonchev–Trinajstić information content (AvgIpc) is 2.10. The summed E-state index contributed by atoms with van der Waals surface area (Å²) in [5.74, 6) is -2.39. The van der Waals surface area contributed by atoms with Gasteiger partial charge in [-0.1, -0.05) is 13.8 Å².